The van der Waals surface area contributed by atoms with Gasteiger partial charge >= 0.3 is 6.03 Å². The van der Waals surface area contributed by atoms with Gasteiger partial charge in [0.05, 0.1) is 11.4 Å². The molecule has 0 spiro atoms. The topological polar surface area (TPSA) is 88.5 Å². The number of hydrogen-bond acceptors (Lipinski definition) is 4. The van der Waals surface area contributed by atoms with Crippen LogP contribution in [0.1, 0.15) is 38.4 Å². The number of aryl methyl sites for hydroxylation is 1. The van der Waals surface area contributed by atoms with E-state index in [1.165, 1.54) is 4.90 Å². The second-order valence-electron chi connectivity index (χ2n) is 9.53. The number of amides is 3. The molecule has 8 heteroatoms. The molecule has 0 bridgehead atoms. The maximum atomic E-state index is 13.1. The zero-order chi connectivity index (χ0) is 25.4. The summed E-state index contributed by atoms with van der Waals surface area (Å²) >= 11 is 0. The minimum atomic E-state index is -0.343. The summed E-state index contributed by atoms with van der Waals surface area (Å²) in [6, 6.07) is 18.7. The van der Waals surface area contributed by atoms with Gasteiger partial charge in [0.1, 0.15) is 12.4 Å². The van der Waals surface area contributed by atoms with E-state index in [-0.39, 0.29) is 23.9 Å². The Morgan fingerprint density at radius 1 is 1.03 bits per heavy atom. The van der Waals surface area contributed by atoms with Crippen LogP contribution in [-0.4, -0.2) is 53.4 Å². The molecular weight excluding hydrogens is 442 g/mol. The average Bonchev–Trinajstić information content (AvgIpc) is 3.23. The maximum absolute atomic E-state index is 13.1. The Morgan fingerprint density at radius 3 is 2.43 bits per heavy atom. The molecule has 3 amide bonds. The van der Waals surface area contributed by atoms with Crippen LogP contribution in [0.3, 0.4) is 0 Å². The molecule has 3 rings (SSSR count). The predicted octanol–water partition coefficient (Wildman–Crippen LogP) is 4.99. The summed E-state index contributed by atoms with van der Waals surface area (Å²) in [5.41, 5.74) is 3.27. The van der Waals surface area contributed by atoms with E-state index in [1.54, 1.807) is 23.9 Å². The molecular formula is C27H35N5O3. The van der Waals surface area contributed by atoms with Crippen molar-refractivity contribution in [3.8, 4) is 5.69 Å². The zero-order valence-corrected chi connectivity index (χ0v) is 21.2. The molecule has 186 valence electrons. The van der Waals surface area contributed by atoms with Crippen LogP contribution in [0.4, 0.5) is 16.3 Å². The number of benzene rings is 2. The molecule has 3 aromatic rings. The smallest absolute Gasteiger partial charge is 0.322 e. The summed E-state index contributed by atoms with van der Waals surface area (Å²) in [6.45, 7) is 9.01. The summed E-state index contributed by atoms with van der Waals surface area (Å²) in [4.78, 5) is 27.5. The second-order valence-corrected chi connectivity index (χ2v) is 9.53. The fourth-order valence-corrected chi connectivity index (χ4v) is 3.53. The summed E-state index contributed by atoms with van der Waals surface area (Å²) in [5.74, 6) is 0.255. The molecule has 0 aliphatic heterocycles. The van der Waals surface area contributed by atoms with E-state index in [4.69, 9.17) is 9.84 Å². The lowest BCUT2D eigenvalue weighted by molar-refractivity contribution is -0.116. The van der Waals surface area contributed by atoms with Crippen molar-refractivity contribution in [3.05, 3.63) is 71.9 Å². The van der Waals surface area contributed by atoms with Crippen molar-refractivity contribution in [1.29, 1.82) is 0 Å². The maximum Gasteiger partial charge on any atom is 0.322 e. The molecule has 0 saturated heterocycles. The van der Waals surface area contributed by atoms with Gasteiger partial charge in [0, 0.05) is 37.4 Å². The largest absolute Gasteiger partial charge is 0.385 e. The fraction of sp³-hybridized carbons (Fsp3) is 0.370. The van der Waals surface area contributed by atoms with E-state index in [2.05, 4.69) is 31.4 Å². The lowest BCUT2D eigenvalue weighted by atomic mass is 9.92. The van der Waals surface area contributed by atoms with Gasteiger partial charge in [-0.3, -0.25) is 4.79 Å². The standard InChI is InChI=1S/C27H35N5O3/c1-20-11-9-14-22(17-20)32-24(18-23(30-32)27(2,3)4)29-25(33)19-31(15-10-16-35-5)26(34)28-21-12-7-6-8-13-21/h6-9,11-14,17-18H,10,15-16,19H2,1-5H3,(H,28,34)(H,29,33). The molecule has 0 radical (unpaired) electrons. The van der Waals surface area contributed by atoms with Gasteiger partial charge in [0.15, 0.2) is 0 Å². The number of ether oxygens (including phenoxy) is 1. The fourth-order valence-electron chi connectivity index (χ4n) is 3.53. The van der Waals surface area contributed by atoms with Crippen LogP contribution in [0.15, 0.2) is 60.7 Å². The molecule has 1 aromatic heterocycles. The van der Waals surface area contributed by atoms with Crippen LogP contribution in [0, 0.1) is 6.92 Å². The first-order valence-corrected chi connectivity index (χ1v) is 11.7. The van der Waals surface area contributed by atoms with E-state index in [0.29, 0.717) is 31.1 Å². The van der Waals surface area contributed by atoms with Gasteiger partial charge in [0.25, 0.3) is 0 Å². The normalized spacial score (nSPS) is 11.2. The van der Waals surface area contributed by atoms with Gasteiger partial charge in [0.2, 0.25) is 5.91 Å². The highest BCUT2D eigenvalue weighted by Gasteiger charge is 2.23. The van der Waals surface area contributed by atoms with E-state index in [1.807, 2.05) is 55.5 Å². The van der Waals surface area contributed by atoms with Crippen LogP contribution in [0.2, 0.25) is 0 Å². The van der Waals surface area contributed by atoms with Crippen LogP contribution in [-0.2, 0) is 14.9 Å². The lowest BCUT2D eigenvalue weighted by Crippen LogP contribution is -2.41. The van der Waals surface area contributed by atoms with E-state index in [0.717, 1.165) is 16.9 Å². The number of methoxy groups -OCH3 is 1. The lowest BCUT2D eigenvalue weighted by Gasteiger charge is -2.22. The van der Waals surface area contributed by atoms with Crippen LogP contribution in [0.5, 0.6) is 0 Å². The first kappa shape index (κ1) is 26.0. The molecule has 0 aliphatic rings. The number of carbonyl (C=O) groups excluding carboxylic acids is 2. The summed E-state index contributed by atoms with van der Waals surface area (Å²) in [7, 11) is 1.61. The number of urea groups is 1. The molecule has 8 nitrogen and oxygen atoms in total. The predicted molar refractivity (Wildman–Crippen MR) is 139 cm³/mol. The number of nitrogens with zero attached hydrogens (tertiary/aromatic N) is 3. The number of para-hydroxylation sites is 1. The van der Waals surface area contributed by atoms with Gasteiger partial charge in [-0.2, -0.15) is 5.10 Å². The SMILES string of the molecule is COCCCN(CC(=O)Nc1cc(C(C)(C)C)nn1-c1cccc(C)c1)C(=O)Nc1ccccc1. The quantitative estimate of drug-likeness (QED) is 0.425. The molecule has 0 atom stereocenters. The average molecular weight is 478 g/mol. The Kier molecular flexibility index (Phi) is 8.65. The highest BCUT2D eigenvalue weighted by atomic mass is 16.5. The molecule has 0 unspecified atom stereocenters. The van der Waals surface area contributed by atoms with Gasteiger partial charge in [-0.1, -0.05) is 51.1 Å². The summed E-state index contributed by atoms with van der Waals surface area (Å²) in [5, 5.41) is 10.6. The first-order chi connectivity index (χ1) is 16.7. The van der Waals surface area contributed by atoms with Gasteiger partial charge < -0.3 is 20.3 Å². The molecule has 2 aromatic carbocycles. The third-order valence-corrected chi connectivity index (χ3v) is 5.41. The van der Waals surface area contributed by atoms with Gasteiger partial charge in [-0.15, -0.1) is 0 Å². The number of anilines is 2. The molecule has 0 fully saturated rings. The van der Waals surface area contributed by atoms with Crippen molar-refractivity contribution in [2.75, 3.05) is 37.4 Å². The molecule has 0 saturated carbocycles. The third kappa shape index (κ3) is 7.42. The minimum Gasteiger partial charge on any atom is -0.385 e. The zero-order valence-electron chi connectivity index (χ0n) is 21.2. The van der Waals surface area contributed by atoms with Crippen LogP contribution in [0.25, 0.3) is 5.69 Å². The van der Waals surface area contributed by atoms with Crippen LogP contribution < -0.4 is 10.6 Å². The Labute approximate surface area is 207 Å². The second kappa shape index (κ2) is 11.7. The van der Waals surface area contributed by atoms with Crippen molar-refractivity contribution >= 4 is 23.4 Å². The van der Waals surface area contributed by atoms with Crippen molar-refractivity contribution in [2.24, 2.45) is 0 Å². The van der Waals surface area contributed by atoms with Gasteiger partial charge in [-0.05, 0) is 43.2 Å². The molecule has 1 heterocycles. The summed E-state index contributed by atoms with van der Waals surface area (Å²) < 4.78 is 6.87. The number of nitrogens with one attached hydrogen (secondary N) is 2. The first-order valence-electron chi connectivity index (χ1n) is 11.7. The summed E-state index contributed by atoms with van der Waals surface area (Å²) in [6.07, 6.45) is 0.612. The molecule has 0 aliphatic carbocycles. The van der Waals surface area contributed by atoms with E-state index < -0.39 is 0 Å². The molecule has 35 heavy (non-hydrogen) atoms. The number of carbonyl (C=O) groups is 2. The van der Waals surface area contributed by atoms with Crippen LogP contribution >= 0.6 is 0 Å². The number of aromatic nitrogens is 2. The highest BCUT2D eigenvalue weighted by molar-refractivity contribution is 5.96. The van der Waals surface area contributed by atoms with Crippen molar-refractivity contribution in [1.82, 2.24) is 14.7 Å². The molecule has 2 N–H and O–H groups in total. The number of rotatable bonds is 9. The van der Waals surface area contributed by atoms with E-state index >= 15 is 0 Å². The van der Waals surface area contributed by atoms with Gasteiger partial charge in [-0.25, -0.2) is 9.48 Å². The highest BCUT2D eigenvalue weighted by Crippen LogP contribution is 2.26. The van der Waals surface area contributed by atoms with Crippen molar-refractivity contribution in [3.63, 3.8) is 0 Å². The minimum absolute atomic E-state index is 0.105. The van der Waals surface area contributed by atoms with E-state index in [9.17, 15) is 9.59 Å². The Hall–Kier alpha value is -3.65. The number of hydrogen-bond donors (Lipinski definition) is 2. The Bertz CT molecular complexity index is 1140. The van der Waals surface area contributed by atoms with Crippen molar-refractivity contribution in [2.45, 2.75) is 39.5 Å². The Balaban J connectivity index is 1.80. The third-order valence-electron chi connectivity index (χ3n) is 5.41. The van der Waals surface area contributed by atoms with Crippen molar-refractivity contribution < 1.29 is 14.3 Å². The Morgan fingerprint density at radius 2 is 1.77 bits per heavy atom. The monoisotopic (exact) mass is 477 g/mol.